The van der Waals surface area contributed by atoms with Crippen molar-refractivity contribution in [1.82, 2.24) is 0 Å². The summed E-state index contributed by atoms with van der Waals surface area (Å²) in [4.78, 5) is 0. The average Bonchev–Trinajstić information content (AvgIpc) is 2.47. The fourth-order valence-corrected chi connectivity index (χ4v) is 2.93. The monoisotopic (exact) mass is 309 g/mol. The topological polar surface area (TPSA) is 33.0 Å². The Morgan fingerprint density at radius 1 is 0.864 bits per heavy atom. The Kier molecular flexibility index (Phi) is 4.44. The van der Waals surface area contributed by atoms with Gasteiger partial charge in [0.1, 0.15) is 5.75 Å². The molecule has 22 heavy (non-hydrogen) atoms. The minimum Gasteiger partial charge on any atom is -0.544 e. The molecule has 0 atom stereocenters. The highest BCUT2D eigenvalue weighted by Crippen LogP contribution is 2.37. The van der Waals surface area contributed by atoms with Crippen molar-refractivity contribution < 1.29 is 4.43 Å². The summed E-state index contributed by atoms with van der Waals surface area (Å²) in [6, 6.07) is 18.0. The summed E-state index contributed by atoms with van der Waals surface area (Å²) in [7, 11) is -1.79. The zero-order chi connectivity index (χ0) is 16.4. The highest BCUT2D eigenvalue weighted by atomic mass is 28.4. The number of hydrogen-bond acceptors (Lipinski definition) is 2. The molecule has 0 N–H and O–H groups in total. The fourth-order valence-electron chi connectivity index (χ4n) is 1.90. The number of nitriles is 1. The molecule has 0 unspecified atom stereocenters. The molecule has 0 amide bonds. The molecule has 0 bridgehead atoms. The largest absolute Gasteiger partial charge is 0.544 e. The Bertz CT molecular complexity index is 673. The highest BCUT2D eigenvalue weighted by Gasteiger charge is 2.38. The third-order valence-electron chi connectivity index (χ3n) is 4.38. The molecule has 0 saturated carbocycles. The Morgan fingerprint density at radius 2 is 1.32 bits per heavy atom. The summed E-state index contributed by atoms with van der Waals surface area (Å²) in [6.07, 6.45) is 0. The van der Waals surface area contributed by atoms with Crippen molar-refractivity contribution in [1.29, 1.82) is 5.26 Å². The third-order valence-corrected chi connectivity index (χ3v) is 8.74. The van der Waals surface area contributed by atoms with E-state index in [9.17, 15) is 0 Å². The molecule has 3 heteroatoms. The van der Waals surface area contributed by atoms with Crippen molar-refractivity contribution in [2.24, 2.45) is 0 Å². The van der Waals surface area contributed by atoms with E-state index in [4.69, 9.17) is 9.69 Å². The van der Waals surface area contributed by atoms with Crippen molar-refractivity contribution >= 4 is 8.32 Å². The van der Waals surface area contributed by atoms with Gasteiger partial charge in [-0.1, -0.05) is 45.0 Å². The molecule has 0 aromatic heterocycles. The van der Waals surface area contributed by atoms with E-state index in [0.717, 1.165) is 16.9 Å². The van der Waals surface area contributed by atoms with Gasteiger partial charge in [-0.2, -0.15) is 5.26 Å². The van der Waals surface area contributed by atoms with Crippen LogP contribution in [0.4, 0.5) is 0 Å². The van der Waals surface area contributed by atoms with Crippen LogP contribution in [0.5, 0.6) is 5.75 Å². The molecular weight excluding hydrogens is 286 g/mol. The van der Waals surface area contributed by atoms with Crippen molar-refractivity contribution in [2.45, 2.75) is 38.9 Å². The lowest BCUT2D eigenvalue weighted by Gasteiger charge is -2.36. The van der Waals surface area contributed by atoms with E-state index in [1.54, 1.807) is 0 Å². The van der Waals surface area contributed by atoms with Gasteiger partial charge in [0.05, 0.1) is 11.6 Å². The van der Waals surface area contributed by atoms with Crippen LogP contribution >= 0.6 is 0 Å². The summed E-state index contributed by atoms with van der Waals surface area (Å²) >= 11 is 0. The molecule has 2 aromatic rings. The maximum Gasteiger partial charge on any atom is 0.250 e. The van der Waals surface area contributed by atoms with Crippen LogP contribution in [0.1, 0.15) is 26.3 Å². The lowest BCUT2D eigenvalue weighted by molar-refractivity contribution is 0.492. The molecule has 2 rings (SSSR count). The maximum absolute atomic E-state index is 8.85. The van der Waals surface area contributed by atoms with Gasteiger partial charge in [-0.25, -0.2) is 0 Å². The molecule has 0 radical (unpaired) electrons. The van der Waals surface area contributed by atoms with Gasteiger partial charge in [0.15, 0.2) is 0 Å². The SMILES string of the molecule is CC(C)(C)[Si](C)(C)Oc1ccc(-c2ccc(C#N)cc2)cc1. The van der Waals surface area contributed by atoms with Crippen LogP contribution in [0, 0.1) is 11.3 Å². The molecule has 0 saturated heterocycles. The maximum atomic E-state index is 8.85. The first-order valence-corrected chi connectivity index (χ1v) is 10.4. The smallest absolute Gasteiger partial charge is 0.250 e. The molecule has 0 heterocycles. The van der Waals surface area contributed by atoms with Crippen LogP contribution in [0.3, 0.4) is 0 Å². The van der Waals surface area contributed by atoms with Gasteiger partial charge in [-0.3, -0.25) is 0 Å². The second-order valence-electron chi connectivity index (χ2n) is 7.08. The Labute approximate surface area is 134 Å². The molecule has 2 aromatic carbocycles. The summed E-state index contributed by atoms with van der Waals surface area (Å²) in [6.45, 7) is 11.2. The number of benzene rings is 2. The predicted octanol–water partition coefficient (Wildman–Crippen LogP) is 5.61. The zero-order valence-corrected chi connectivity index (χ0v) is 15.0. The Morgan fingerprint density at radius 3 is 1.73 bits per heavy atom. The second kappa shape index (κ2) is 5.98. The Hall–Kier alpha value is -2.05. The van der Waals surface area contributed by atoms with Crippen molar-refractivity contribution in [3.8, 4) is 22.9 Å². The van der Waals surface area contributed by atoms with Crippen molar-refractivity contribution in [3.63, 3.8) is 0 Å². The van der Waals surface area contributed by atoms with Crippen LogP contribution in [-0.2, 0) is 0 Å². The van der Waals surface area contributed by atoms with E-state index in [1.807, 2.05) is 36.4 Å². The van der Waals surface area contributed by atoms with E-state index in [2.05, 4.69) is 52.1 Å². The molecule has 114 valence electrons. The van der Waals surface area contributed by atoms with Gasteiger partial charge >= 0.3 is 0 Å². The molecule has 0 fully saturated rings. The van der Waals surface area contributed by atoms with Gasteiger partial charge in [-0.15, -0.1) is 0 Å². The molecule has 0 aliphatic carbocycles. The summed E-state index contributed by atoms with van der Waals surface area (Å²) in [5.41, 5.74) is 2.92. The van der Waals surface area contributed by atoms with Crippen molar-refractivity contribution in [3.05, 3.63) is 54.1 Å². The molecule has 0 aliphatic heterocycles. The van der Waals surface area contributed by atoms with Gasteiger partial charge in [0.2, 0.25) is 8.32 Å². The third kappa shape index (κ3) is 3.58. The normalized spacial score (nSPS) is 11.8. The molecule has 2 nitrogen and oxygen atoms in total. The first kappa shape index (κ1) is 16.3. The second-order valence-corrected chi connectivity index (χ2v) is 11.8. The summed E-state index contributed by atoms with van der Waals surface area (Å²) in [5, 5.41) is 9.04. The first-order valence-electron chi connectivity index (χ1n) is 7.52. The first-order chi connectivity index (χ1) is 10.2. The quantitative estimate of drug-likeness (QED) is 0.690. The van der Waals surface area contributed by atoms with Gasteiger partial charge in [0.25, 0.3) is 0 Å². The zero-order valence-electron chi connectivity index (χ0n) is 14.0. The van der Waals surface area contributed by atoms with Crippen molar-refractivity contribution in [2.75, 3.05) is 0 Å². The van der Waals surface area contributed by atoms with Crippen LogP contribution in [0.25, 0.3) is 11.1 Å². The van der Waals surface area contributed by atoms with Gasteiger partial charge in [-0.05, 0) is 53.5 Å². The molecule has 0 aliphatic rings. The van der Waals surface area contributed by atoms with Crippen LogP contribution < -0.4 is 4.43 Å². The standard InChI is InChI=1S/C19H23NOSi/c1-19(2,3)22(4,5)21-18-12-10-17(11-13-18)16-8-6-15(14-20)7-9-16/h6-13H,1-5H3. The fraction of sp³-hybridized carbons (Fsp3) is 0.316. The lowest BCUT2D eigenvalue weighted by atomic mass is 10.0. The minimum absolute atomic E-state index is 0.193. The van der Waals surface area contributed by atoms with E-state index in [0.29, 0.717) is 5.56 Å². The number of nitrogens with zero attached hydrogens (tertiary/aromatic N) is 1. The Balaban J connectivity index is 2.18. The predicted molar refractivity (Wildman–Crippen MR) is 94.4 cm³/mol. The van der Waals surface area contributed by atoms with Crippen LogP contribution in [-0.4, -0.2) is 8.32 Å². The van der Waals surface area contributed by atoms with E-state index < -0.39 is 8.32 Å². The van der Waals surface area contributed by atoms with E-state index >= 15 is 0 Å². The van der Waals surface area contributed by atoms with Crippen LogP contribution in [0.2, 0.25) is 18.1 Å². The summed E-state index contributed by atoms with van der Waals surface area (Å²) < 4.78 is 6.29. The summed E-state index contributed by atoms with van der Waals surface area (Å²) in [5.74, 6) is 0.934. The average molecular weight is 309 g/mol. The van der Waals surface area contributed by atoms with Gasteiger partial charge in [0, 0.05) is 0 Å². The van der Waals surface area contributed by atoms with Crippen LogP contribution in [0.15, 0.2) is 48.5 Å². The molecular formula is C19H23NOSi. The highest BCUT2D eigenvalue weighted by molar-refractivity contribution is 6.74. The van der Waals surface area contributed by atoms with E-state index in [-0.39, 0.29) is 5.04 Å². The van der Waals surface area contributed by atoms with Gasteiger partial charge < -0.3 is 4.43 Å². The lowest BCUT2D eigenvalue weighted by Crippen LogP contribution is -2.43. The number of hydrogen-bond donors (Lipinski definition) is 0. The van der Waals surface area contributed by atoms with E-state index in [1.165, 1.54) is 0 Å². The minimum atomic E-state index is -1.79. The molecule has 0 spiro atoms. The number of rotatable bonds is 3.